The number of likely N-dealkylation sites (tertiary alicyclic amines) is 1. The van der Waals surface area contributed by atoms with Crippen molar-refractivity contribution in [3.8, 4) is 0 Å². The topological polar surface area (TPSA) is 58.4 Å². The Kier molecular flexibility index (Phi) is 7.66. The van der Waals surface area contributed by atoms with Gasteiger partial charge in [-0.2, -0.15) is 0 Å². The van der Waals surface area contributed by atoms with Crippen molar-refractivity contribution in [3.05, 3.63) is 82.7 Å². The molecule has 32 heavy (non-hydrogen) atoms. The lowest BCUT2D eigenvalue weighted by atomic mass is 9.98. The number of carbonyl (C=O) groups excluding carboxylic acids is 1. The van der Waals surface area contributed by atoms with Crippen LogP contribution in [-0.2, 0) is 18.8 Å². The molecule has 6 heteroatoms. The number of hydrogen-bond acceptors (Lipinski definition) is 5. The highest BCUT2D eigenvalue weighted by Gasteiger charge is 2.17. The summed E-state index contributed by atoms with van der Waals surface area (Å²) in [5.74, 6) is 2.22. The van der Waals surface area contributed by atoms with Crippen LogP contribution in [0.2, 0.25) is 0 Å². The van der Waals surface area contributed by atoms with Crippen LogP contribution in [0.15, 0.2) is 64.0 Å². The van der Waals surface area contributed by atoms with E-state index in [0.29, 0.717) is 17.9 Å². The first-order chi connectivity index (χ1) is 15.6. The van der Waals surface area contributed by atoms with Crippen molar-refractivity contribution < 1.29 is 9.32 Å². The van der Waals surface area contributed by atoms with E-state index in [0.717, 1.165) is 41.9 Å². The molecule has 2 heterocycles. The van der Waals surface area contributed by atoms with Crippen LogP contribution in [-0.4, -0.2) is 29.1 Å². The molecule has 0 atom stereocenters. The first-order valence-electron chi connectivity index (χ1n) is 11.3. The van der Waals surface area contributed by atoms with Gasteiger partial charge in [-0.05, 0) is 62.0 Å². The average molecular weight is 450 g/mol. The second-order valence-electron chi connectivity index (χ2n) is 8.63. The maximum Gasteiger partial charge on any atom is 0.252 e. The van der Waals surface area contributed by atoms with E-state index in [4.69, 9.17) is 4.52 Å². The summed E-state index contributed by atoms with van der Waals surface area (Å²) in [7, 11) is 0. The summed E-state index contributed by atoms with van der Waals surface area (Å²) in [6, 6.07) is 18.1. The van der Waals surface area contributed by atoms with Gasteiger partial charge >= 0.3 is 0 Å². The number of amides is 1. The zero-order chi connectivity index (χ0) is 22.3. The summed E-state index contributed by atoms with van der Waals surface area (Å²) in [4.78, 5) is 16.5. The number of aryl methyl sites for hydroxylation is 1. The Morgan fingerprint density at radius 1 is 1.12 bits per heavy atom. The third kappa shape index (κ3) is 6.02. The molecule has 0 spiro atoms. The molecule has 1 N–H and O–H groups in total. The molecule has 1 aliphatic heterocycles. The van der Waals surface area contributed by atoms with Crippen LogP contribution in [0.3, 0.4) is 0 Å². The van der Waals surface area contributed by atoms with Gasteiger partial charge in [0.1, 0.15) is 5.76 Å². The van der Waals surface area contributed by atoms with E-state index in [9.17, 15) is 4.79 Å². The Hall–Kier alpha value is -2.57. The molecule has 4 rings (SSSR count). The Bertz CT molecular complexity index is 1040. The third-order valence-electron chi connectivity index (χ3n) is 6.01. The first-order valence-corrected chi connectivity index (χ1v) is 12.3. The number of piperidine rings is 1. The summed E-state index contributed by atoms with van der Waals surface area (Å²) >= 11 is 1.59. The van der Waals surface area contributed by atoms with Gasteiger partial charge in [-0.1, -0.05) is 48.5 Å². The van der Waals surface area contributed by atoms with Crippen LogP contribution in [0.25, 0.3) is 0 Å². The monoisotopic (exact) mass is 449 g/mol. The lowest BCUT2D eigenvalue weighted by molar-refractivity contribution is 0.0947. The van der Waals surface area contributed by atoms with Crippen molar-refractivity contribution >= 4 is 17.7 Å². The average Bonchev–Trinajstić information content (AvgIpc) is 3.23. The van der Waals surface area contributed by atoms with Gasteiger partial charge in [0, 0.05) is 24.1 Å². The molecule has 3 aromatic rings. The van der Waals surface area contributed by atoms with E-state index in [2.05, 4.69) is 40.5 Å². The summed E-state index contributed by atoms with van der Waals surface area (Å²) < 4.78 is 5.30. The molecule has 0 radical (unpaired) electrons. The van der Waals surface area contributed by atoms with E-state index in [1.165, 1.54) is 24.0 Å². The molecule has 0 saturated carbocycles. The van der Waals surface area contributed by atoms with Crippen molar-refractivity contribution in [2.75, 3.05) is 13.1 Å². The van der Waals surface area contributed by atoms with E-state index >= 15 is 0 Å². The fraction of sp³-hybridized carbons (Fsp3) is 0.385. The number of carbonyl (C=O) groups is 1. The fourth-order valence-electron chi connectivity index (χ4n) is 4.03. The zero-order valence-corrected chi connectivity index (χ0v) is 19.7. The Morgan fingerprint density at radius 3 is 2.59 bits per heavy atom. The number of nitrogens with one attached hydrogen (secondary N) is 1. The second-order valence-corrected chi connectivity index (χ2v) is 9.65. The van der Waals surface area contributed by atoms with Gasteiger partial charge in [0.2, 0.25) is 0 Å². The SMILES string of the molecule is Cc1cc(CSc2ccccc2C(=O)NCc2ccccc2CN2CCC(C)CC2)on1. The highest BCUT2D eigenvalue weighted by Crippen LogP contribution is 2.27. The largest absolute Gasteiger partial charge is 0.360 e. The lowest BCUT2D eigenvalue weighted by Gasteiger charge is -2.30. The van der Waals surface area contributed by atoms with Gasteiger partial charge in [0.15, 0.2) is 0 Å². The van der Waals surface area contributed by atoms with Crippen LogP contribution in [0.5, 0.6) is 0 Å². The van der Waals surface area contributed by atoms with Gasteiger partial charge in [-0.3, -0.25) is 9.69 Å². The standard InChI is InChI=1S/C26H31N3O2S/c1-19-11-13-29(14-12-19)17-22-8-4-3-7-21(22)16-27-26(30)24-9-5-6-10-25(24)32-18-23-15-20(2)28-31-23/h3-10,15,19H,11-14,16-18H2,1-2H3,(H,27,30). The molecular formula is C26H31N3O2S. The highest BCUT2D eigenvalue weighted by atomic mass is 32.2. The quantitative estimate of drug-likeness (QED) is 0.464. The lowest BCUT2D eigenvalue weighted by Crippen LogP contribution is -2.33. The number of rotatable bonds is 8. The number of thioether (sulfide) groups is 1. The molecule has 0 unspecified atom stereocenters. The molecular weight excluding hydrogens is 418 g/mol. The Labute approximate surface area is 194 Å². The number of aromatic nitrogens is 1. The predicted octanol–water partition coefficient (Wildman–Crippen LogP) is 5.44. The fourth-order valence-corrected chi connectivity index (χ4v) is 4.95. The van der Waals surface area contributed by atoms with Crippen molar-refractivity contribution in [1.29, 1.82) is 0 Å². The maximum atomic E-state index is 13.0. The molecule has 168 valence electrons. The Morgan fingerprint density at radius 2 is 1.84 bits per heavy atom. The van der Waals surface area contributed by atoms with E-state index in [1.54, 1.807) is 11.8 Å². The maximum absolute atomic E-state index is 13.0. The van der Waals surface area contributed by atoms with Gasteiger partial charge in [0.25, 0.3) is 5.91 Å². The van der Waals surface area contributed by atoms with Gasteiger partial charge < -0.3 is 9.84 Å². The van der Waals surface area contributed by atoms with E-state index in [1.807, 2.05) is 43.3 Å². The van der Waals surface area contributed by atoms with Crippen LogP contribution in [0, 0.1) is 12.8 Å². The van der Waals surface area contributed by atoms with Crippen molar-refractivity contribution in [2.45, 2.75) is 50.4 Å². The van der Waals surface area contributed by atoms with Crippen LogP contribution in [0.4, 0.5) is 0 Å². The van der Waals surface area contributed by atoms with E-state index in [-0.39, 0.29) is 5.91 Å². The Balaban J connectivity index is 1.38. The predicted molar refractivity (Wildman–Crippen MR) is 129 cm³/mol. The number of benzene rings is 2. The second kappa shape index (κ2) is 10.8. The van der Waals surface area contributed by atoms with Gasteiger partial charge in [-0.15, -0.1) is 11.8 Å². The molecule has 0 bridgehead atoms. The minimum Gasteiger partial charge on any atom is -0.360 e. The molecule has 1 aliphatic rings. The normalized spacial score (nSPS) is 15.1. The molecule has 1 fully saturated rings. The number of nitrogens with zero attached hydrogens (tertiary/aromatic N) is 2. The molecule has 2 aromatic carbocycles. The molecule has 1 aromatic heterocycles. The summed E-state index contributed by atoms with van der Waals surface area (Å²) in [5.41, 5.74) is 4.04. The zero-order valence-electron chi connectivity index (χ0n) is 18.8. The summed E-state index contributed by atoms with van der Waals surface area (Å²) in [6.07, 6.45) is 2.53. The highest BCUT2D eigenvalue weighted by molar-refractivity contribution is 7.98. The number of hydrogen-bond donors (Lipinski definition) is 1. The van der Waals surface area contributed by atoms with Crippen LogP contribution >= 0.6 is 11.8 Å². The van der Waals surface area contributed by atoms with Gasteiger partial charge in [-0.25, -0.2) is 0 Å². The third-order valence-corrected chi connectivity index (χ3v) is 7.10. The van der Waals surface area contributed by atoms with Crippen LogP contribution < -0.4 is 5.32 Å². The molecule has 0 aliphatic carbocycles. The summed E-state index contributed by atoms with van der Waals surface area (Å²) in [5, 5.41) is 7.07. The minimum absolute atomic E-state index is 0.0524. The molecule has 1 amide bonds. The van der Waals surface area contributed by atoms with Crippen molar-refractivity contribution in [3.63, 3.8) is 0 Å². The van der Waals surface area contributed by atoms with Crippen molar-refractivity contribution in [1.82, 2.24) is 15.4 Å². The minimum atomic E-state index is -0.0524. The first kappa shape index (κ1) is 22.6. The molecule has 5 nitrogen and oxygen atoms in total. The smallest absolute Gasteiger partial charge is 0.252 e. The summed E-state index contributed by atoms with van der Waals surface area (Å²) in [6.45, 7) is 8.02. The van der Waals surface area contributed by atoms with E-state index < -0.39 is 0 Å². The molecule has 1 saturated heterocycles. The van der Waals surface area contributed by atoms with Crippen molar-refractivity contribution in [2.24, 2.45) is 5.92 Å². The van der Waals surface area contributed by atoms with Gasteiger partial charge in [0.05, 0.1) is 17.0 Å². The van der Waals surface area contributed by atoms with Crippen LogP contribution in [0.1, 0.15) is 52.7 Å².